The van der Waals surface area contributed by atoms with Crippen LogP contribution in [0.5, 0.6) is 0 Å². The number of esters is 1. The van der Waals surface area contributed by atoms with E-state index in [9.17, 15) is 14.4 Å². The predicted octanol–water partition coefficient (Wildman–Crippen LogP) is 3.54. The van der Waals surface area contributed by atoms with Gasteiger partial charge in [-0.05, 0) is 24.3 Å². The molecule has 0 aromatic heterocycles. The van der Waals surface area contributed by atoms with Gasteiger partial charge in [-0.1, -0.05) is 41.4 Å². The van der Waals surface area contributed by atoms with Gasteiger partial charge in [0.1, 0.15) is 0 Å². The molecule has 7 nitrogen and oxygen atoms in total. The van der Waals surface area contributed by atoms with E-state index in [4.69, 9.17) is 33.0 Å². The Hall–Kier alpha value is -2.90. The van der Waals surface area contributed by atoms with Gasteiger partial charge in [0.05, 0.1) is 24.2 Å². The van der Waals surface area contributed by atoms with Crippen LogP contribution in [-0.4, -0.2) is 41.9 Å². The van der Waals surface area contributed by atoms with E-state index in [1.165, 1.54) is 11.9 Å². The van der Waals surface area contributed by atoms with Crippen molar-refractivity contribution in [1.82, 2.24) is 0 Å². The number of anilines is 1. The van der Waals surface area contributed by atoms with E-state index < -0.39 is 30.5 Å². The Labute approximate surface area is 176 Å². The van der Waals surface area contributed by atoms with E-state index in [2.05, 4.69) is 4.99 Å². The Kier molecular flexibility index (Phi) is 6.20. The lowest BCUT2D eigenvalue weighted by Gasteiger charge is -2.20. The SMILES string of the molecule is CN1C(=O)C(OC(=O)CCC(=O)O)N=C(c2ccccc2Cl)c2cc(Cl)ccc21. The number of hydrogen-bond donors (Lipinski definition) is 1. The molecule has 1 N–H and O–H groups in total. The van der Waals surface area contributed by atoms with Crippen molar-refractivity contribution >= 4 is 52.4 Å². The number of carbonyl (C=O) groups is 3. The summed E-state index contributed by atoms with van der Waals surface area (Å²) in [6.45, 7) is 0. The fourth-order valence-corrected chi connectivity index (χ4v) is 3.25. The molecule has 1 atom stereocenters. The van der Waals surface area contributed by atoms with Crippen molar-refractivity contribution in [3.05, 3.63) is 63.6 Å². The molecule has 0 saturated heterocycles. The zero-order chi connectivity index (χ0) is 21.1. The third kappa shape index (κ3) is 4.58. The molecule has 0 radical (unpaired) electrons. The molecule has 1 amide bonds. The van der Waals surface area contributed by atoms with E-state index in [0.717, 1.165) is 0 Å². The van der Waals surface area contributed by atoms with Gasteiger partial charge < -0.3 is 14.7 Å². The first kappa shape index (κ1) is 20.8. The maximum atomic E-state index is 12.9. The molecule has 0 saturated carbocycles. The molecule has 1 aliphatic rings. The number of aliphatic imine (C=N–C) groups is 1. The standard InChI is InChI=1S/C20H16Cl2N2O5/c1-24-15-7-6-11(21)10-13(15)18(12-4-2-3-5-14(12)22)23-19(20(24)28)29-17(27)9-8-16(25)26/h2-7,10,19H,8-9H2,1H3,(H,25,26). The minimum absolute atomic E-state index is 0.335. The summed E-state index contributed by atoms with van der Waals surface area (Å²) >= 11 is 12.5. The molecule has 0 bridgehead atoms. The minimum Gasteiger partial charge on any atom is -0.481 e. The number of fused-ring (bicyclic) bond motifs is 1. The van der Waals surface area contributed by atoms with Crippen LogP contribution < -0.4 is 4.90 Å². The van der Waals surface area contributed by atoms with Gasteiger partial charge in [0.2, 0.25) is 0 Å². The monoisotopic (exact) mass is 434 g/mol. The molecule has 0 spiro atoms. The number of hydrogen-bond acceptors (Lipinski definition) is 5. The Morgan fingerprint density at radius 3 is 2.55 bits per heavy atom. The maximum Gasteiger partial charge on any atom is 0.308 e. The lowest BCUT2D eigenvalue weighted by atomic mass is 10.0. The van der Waals surface area contributed by atoms with Crippen LogP contribution in [0.3, 0.4) is 0 Å². The van der Waals surface area contributed by atoms with Gasteiger partial charge in [-0.3, -0.25) is 14.4 Å². The highest BCUT2D eigenvalue weighted by atomic mass is 35.5. The lowest BCUT2D eigenvalue weighted by Crippen LogP contribution is -2.37. The summed E-state index contributed by atoms with van der Waals surface area (Å²) < 4.78 is 5.20. The summed E-state index contributed by atoms with van der Waals surface area (Å²) in [7, 11) is 1.53. The van der Waals surface area contributed by atoms with Gasteiger partial charge in [0.25, 0.3) is 12.1 Å². The second-order valence-electron chi connectivity index (χ2n) is 6.25. The summed E-state index contributed by atoms with van der Waals surface area (Å²) in [5.41, 5.74) is 1.93. The van der Waals surface area contributed by atoms with Crippen molar-refractivity contribution in [1.29, 1.82) is 0 Å². The predicted molar refractivity (Wildman–Crippen MR) is 109 cm³/mol. The topological polar surface area (TPSA) is 96.3 Å². The number of nitrogens with zero attached hydrogens (tertiary/aromatic N) is 2. The fraction of sp³-hybridized carbons (Fsp3) is 0.200. The number of likely N-dealkylation sites (N-methyl/N-ethyl adjacent to an activating group) is 1. The van der Waals surface area contributed by atoms with Crippen molar-refractivity contribution in [3.63, 3.8) is 0 Å². The highest BCUT2D eigenvalue weighted by Gasteiger charge is 2.33. The quantitative estimate of drug-likeness (QED) is 0.725. The highest BCUT2D eigenvalue weighted by molar-refractivity contribution is 6.37. The smallest absolute Gasteiger partial charge is 0.308 e. The Bertz CT molecular complexity index is 1020. The number of carboxylic acids is 1. The summed E-state index contributed by atoms with van der Waals surface area (Å²) in [5, 5.41) is 9.56. The molecule has 29 heavy (non-hydrogen) atoms. The number of carbonyl (C=O) groups excluding carboxylic acids is 2. The molecule has 9 heteroatoms. The van der Waals surface area contributed by atoms with Crippen molar-refractivity contribution in [3.8, 4) is 0 Å². The first-order valence-corrected chi connectivity index (χ1v) is 9.35. The molecular formula is C20H16Cl2N2O5. The van der Waals surface area contributed by atoms with Crippen LogP contribution in [0.15, 0.2) is 47.5 Å². The van der Waals surface area contributed by atoms with Crippen LogP contribution in [0.25, 0.3) is 0 Å². The summed E-state index contributed by atoms with van der Waals surface area (Å²) in [4.78, 5) is 41.3. The average Bonchev–Trinajstić information content (AvgIpc) is 2.77. The lowest BCUT2D eigenvalue weighted by molar-refractivity contribution is -0.155. The van der Waals surface area contributed by atoms with Crippen LogP contribution >= 0.6 is 23.2 Å². The summed E-state index contributed by atoms with van der Waals surface area (Å²) in [6.07, 6.45) is -2.27. The van der Waals surface area contributed by atoms with Gasteiger partial charge in [-0.2, -0.15) is 0 Å². The Balaban J connectivity index is 2.09. The van der Waals surface area contributed by atoms with Crippen LogP contribution in [0.4, 0.5) is 5.69 Å². The molecule has 150 valence electrons. The third-order valence-electron chi connectivity index (χ3n) is 4.28. The van der Waals surface area contributed by atoms with Gasteiger partial charge in [0.15, 0.2) is 0 Å². The summed E-state index contributed by atoms with van der Waals surface area (Å²) in [5.74, 6) is -2.57. The van der Waals surface area contributed by atoms with Crippen LogP contribution in [0.2, 0.25) is 10.0 Å². The number of rotatable bonds is 5. The number of halogens is 2. The number of benzodiazepines with no additional fused rings is 1. The number of aliphatic carboxylic acids is 1. The number of amides is 1. The first-order valence-electron chi connectivity index (χ1n) is 8.59. The van der Waals surface area contributed by atoms with E-state index in [0.29, 0.717) is 32.6 Å². The van der Waals surface area contributed by atoms with E-state index in [1.807, 2.05) is 0 Å². The average molecular weight is 435 g/mol. The third-order valence-corrected chi connectivity index (χ3v) is 4.84. The first-order chi connectivity index (χ1) is 13.8. The van der Waals surface area contributed by atoms with Gasteiger partial charge in [0, 0.05) is 28.2 Å². The molecule has 0 aliphatic carbocycles. The molecule has 2 aromatic rings. The van der Waals surface area contributed by atoms with Crippen molar-refractivity contribution in [2.75, 3.05) is 11.9 Å². The van der Waals surface area contributed by atoms with Crippen LogP contribution in [-0.2, 0) is 19.1 Å². The zero-order valence-corrected chi connectivity index (χ0v) is 16.8. The maximum absolute atomic E-state index is 12.9. The van der Waals surface area contributed by atoms with Gasteiger partial charge in [-0.25, -0.2) is 4.99 Å². The normalized spacial score (nSPS) is 16.0. The molecule has 2 aromatic carbocycles. The largest absolute Gasteiger partial charge is 0.481 e. The van der Waals surface area contributed by atoms with E-state index in [-0.39, 0.29) is 6.42 Å². The number of carboxylic acid groups (broad SMARTS) is 1. The molecule has 1 aliphatic heterocycles. The second kappa shape index (κ2) is 8.63. The van der Waals surface area contributed by atoms with Crippen molar-refractivity contribution in [2.24, 2.45) is 4.99 Å². The molecule has 1 heterocycles. The van der Waals surface area contributed by atoms with Crippen LogP contribution in [0.1, 0.15) is 24.0 Å². The number of benzene rings is 2. The minimum atomic E-state index is -1.49. The van der Waals surface area contributed by atoms with Gasteiger partial charge in [-0.15, -0.1) is 0 Å². The Morgan fingerprint density at radius 1 is 1.14 bits per heavy atom. The Morgan fingerprint density at radius 2 is 1.86 bits per heavy atom. The second-order valence-corrected chi connectivity index (χ2v) is 7.10. The van der Waals surface area contributed by atoms with E-state index in [1.54, 1.807) is 42.5 Å². The summed E-state index contributed by atoms with van der Waals surface area (Å²) in [6, 6.07) is 11.9. The van der Waals surface area contributed by atoms with Crippen molar-refractivity contribution < 1.29 is 24.2 Å². The zero-order valence-electron chi connectivity index (χ0n) is 15.3. The molecule has 1 unspecified atom stereocenters. The molecule has 0 fully saturated rings. The molecular weight excluding hydrogens is 419 g/mol. The fourth-order valence-electron chi connectivity index (χ4n) is 2.85. The van der Waals surface area contributed by atoms with Crippen LogP contribution in [0, 0.1) is 0 Å². The van der Waals surface area contributed by atoms with Crippen molar-refractivity contribution in [2.45, 2.75) is 19.1 Å². The van der Waals surface area contributed by atoms with E-state index >= 15 is 0 Å². The number of ether oxygens (including phenoxy) is 1. The molecule has 3 rings (SSSR count). The van der Waals surface area contributed by atoms with Gasteiger partial charge >= 0.3 is 11.9 Å². The highest BCUT2D eigenvalue weighted by Crippen LogP contribution is 2.32.